The molecule has 1 spiro atoms. The first-order valence-corrected chi connectivity index (χ1v) is 12.1. The maximum absolute atomic E-state index is 14.7. The van der Waals surface area contributed by atoms with Crippen molar-refractivity contribution in [2.45, 2.75) is 46.0 Å². The molecule has 180 valence electrons. The van der Waals surface area contributed by atoms with Crippen LogP contribution in [0.5, 0.6) is 0 Å². The molecule has 0 saturated carbocycles. The van der Waals surface area contributed by atoms with E-state index < -0.39 is 11.5 Å². The Balaban J connectivity index is 1.68. The van der Waals surface area contributed by atoms with E-state index in [1.165, 1.54) is 10.6 Å². The van der Waals surface area contributed by atoms with E-state index >= 15 is 0 Å². The van der Waals surface area contributed by atoms with Crippen LogP contribution in [-0.4, -0.2) is 38.5 Å². The van der Waals surface area contributed by atoms with Crippen molar-refractivity contribution in [2.75, 3.05) is 18.0 Å². The monoisotopic (exact) mass is 493 g/mol. The van der Waals surface area contributed by atoms with Gasteiger partial charge in [-0.15, -0.1) is 0 Å². The highest BCUT2D eigenvalue weighted by molar-refractivity contribution is 6.30. The van der Waals surface area contributed by atoms with Gasteiger partial charge >= 0.3 is 5.69 Å². The molecule has 1 fully saturated rings. The standard InChI is InChI=1S/C26H25ClFN5O2/c1-15(2)20-21(16(3)6-10-29-20)33-24-18(13-19(28)22(27)30-24)23(31-25(33)35)32-11-8-26(9-12-32)7-4-5-17(26)14-34/h4-6,10,13,15H,7-9,11-12H2,1-3H3. The third-order valence-electron chi connectivity index (χ3n) is 7.18. The Kier molecular flexibility index (Phi) is 5.82. The smallest absolute Gasteiger partial charge is 0.355 e. The van der Waals surface area contributed by atoms with Crippen molar-refractivity contribution >= 4 is 34.4 Å². The van der Waals surface area contributed by atoms with Crippen molar-refractivity contribution in [1.82, 2.24) is 19.5 Å². The minimum Gasteiger partial charge on any atom is -0.356 e. The van der Waals surface area contributed by atoms with Crippen LogP contribution in [0.4, 0.5) is 10.2 Å². The lowest BCUT2D eigenvalue weighted by Crippen LogP contribution is -2.41. The van der Waals surface area contributed by atoms with Crippen LogP contribution in [0.2, 0.25) is 5.15 Å². The van der Waals surface area contributed by atoms with Gasteiger partial charge in [-0.2, -0.15) is 4.98 Å². The van der Waals surface area contributed by atoms with E-state index in [0.29, 0.717) is 54.1 Å². The Morgan fingerprint density at radius 2 is 1.97 bits per heavy atom. The Bertz CT molecular complexity index is 1480. The fourth-order valence-electron chi connectivity index (χ4n) is 5.26. The average Bonchev–Trinajstić information content (AvgIpc) is 3.22. The van der Waals surface area contributed by atoms with Crippen molar-refractivity contribution < 1.29 is 9.18 Å². The van der Waals surface area contributed by atoms with Crippen LogP contribution in [0.15, 0.2) is 40.8 Å². The number of hydrogen-bond donors (Lipinski definition) is 0. The Morgan fingerprint density at radius 1 is 1.23 bits per heavy atom. The maximum atomic E-state index is 14.7. The van der Waals surface area contributed by atoms with Gasteiger partial charge in [0.05, 0.1) is 16.8 Å². The normalized spacial score (nSPS) is 17.1. The molecule has 0 unspecified atom stereocenters. The molecule has 0 atom stereocenters. The van der Waals surface area contributed by atoms with Gasteiger partial charge < -0.3 is 4.90 Å². The Morgan fingerprint density at radius 3 is 2.66 bits per heavy atom. The summed E-state index contributed by atoms with van der Waals surface area (Å²) in [5, 5.41) is 0.0851. The SMILES string of the molecule is Cc1ccnc(C(C)C)c1-n1c(=O)nc(N2CCC3(CC=CC3=C=O)CC2)c2cc(F)c(Cl)nc21. The number of hydrogen-bond acceptors (Lipinski definition) is 6. The zero-order valence-electron chi connectivity index (χ0n) is 19.8. The fraction of sp³-hybridized carbons (Fsp3) is 0.385. The van der Waals surface area contributed by atoms with Crippen LogP contribution in [-0.2, 0) is 4.79 Å². The molecule has 3 aromatic heterocycles. The molecule has 0 radical (unpaired) electrons. The molecule has 4 heterocycles. The van der Waals surface area contributed by atoms with Crippen LogP contribution in [0.25, 0.3) is 16.7 Å². The van der Waals surface area contributed by atoms with Crippen molar-refractivity contribution in [3.63, 3.8) is 0 Å². The second-order valence-corrected chi connectivity index (χ2v) is 9.95. The molecule has 35 heavy (non-hydrogen) atoms. The van der Waals surface area contributed by atoms with E-state index in [4.69, 9.17) is 11.6 Å². The first-order valence-electron chi connectivity index (χ1n) is 11.7. The highest BCUT2D eigenvalue weighted by atomic mass is 35.5. The second kappa shape index (κ2) is 8.70. The van der Waals surface area contributed by atoms with Gasteiger partial charge in [-0.3, -0.25) is 4.98 Å². The third-order valence-corrected chi connectivity index (χ3v) is 7.44. The van der Waals surface area contributed by atoms with Crippen LogP contribution in [0, 0.1) is 18.2 Å². The van der Waals surface area contributed by atoms with Crippen molar-refractivity contribution in [1.29, 1.82) is 0 Å². The summed E-state index contributed by atoms with van der Waals surface area (Å²) in [4.78, 5) is 40.2. The van der Waals surface area contributed by atoms with Crippen LogP contribution in [0.3, 0.4) is 0 Å². The summed E-state index contributed by atoms with van der Waals surface area (Å²) >= 11 is 6.10. The van der Waals surface area contributed by atoms with Gasteiger partial charge in [0.1, 0.15) is 11.8 Å². The van der Waals surface area contributed by atoms with E-state index in [-0.39, 0.29) is 22.1 Å². The number of aryl methyl sites for hydroxylation is 1. The molecular weight excluding hydrogens is 469 g/mol. The summed E-state index contributed by atoms with van der Waals surface area (Å²) in [6.45, 7) is 6.99. The van der Waals surface area contributed by atoms with E-state index in [9.17, 15) is 14.0 Å². The molecule has 0 amide bonds. The number of aromatic nitrogens is 4. The minimum absolute atomic E-state index is 0.0285. The lowest BCUT2D eigenvalue weighted by atomic mass is 9.74. The molecular formula is C26H25ClFN5O2. The van der Waals surface area contributed by atoms with Gasteiger partial charge in [0.2, 0.25) is 0 Å². The van der Waals surface area contributed by atoms with Crippen molar-refractivity contribution in [3.8, 4) is 5.69 Å². The van der Waals surface area contributed by atoms with Gasteiger partial charge in [0.15, 0.2) is 16.6 Å². The van der Waals surface area contributed by atoms with E-state index in [2.05, 4.69) is 20.9 Å². The zero-order chi connectivity index (χ0) is 24.9. The van der Waals surface area contributed by atoms with Gasteiger partial charge in [-0.25, -0.2) is 23.5 Å². The van der Waals surface area contributed by atoms with Gasteiger partial charge in [-0.1, -0.05) is 37.6 Å². The molecule has 7 nitrogen and oxygen atoms in total. The maximum Gasteiger partial charge on any atom is 0.355 e. The van der Waals surface area contributed by atoms with E-state index in [0.717, 1.165) is 12.0 Å². The summed E-state index contributed by atoms with van der Waals surface area (Å²) in [5.74, 6) is 1.81. The molecule has 0 aromatic carbocycles. The van der Waals surface area contributed by atoms with Crippen molar-refractivity contribution in [3.05, 3.63) is 68.8 Å². The number of carbonyl (C=O) groups excluding carboxylic acids is 1. The molecule has 1 aliphatic carbocycles. The number of pyridine rings is 2. The van der Waals surface area contributed by atoms with E-state index in [1.54, 1.807) is 6.20 Å². The predicted octanol–water partition coefficient (Wildman–Crippen LogP) is 4.70. The highest BCUT2D eigenvalue weighted by Crippen LogP contribution is 2.46. The summed E-state index contributed by atoms with van der Waals surface area (Å²) in [6, 6.07) is 3.11. The fourth-order valence-corrected chi connectivity index (χ4v) is 5.40. The highest BCUT2D eigenvalue weighted by Gasteiger charge is 2.40. The zero-order valence-corrected chi connectivity index (χ0v) is 20.6. The lowest BCUT2D eigenvalue weighted by Gasteiger charge is -2.40. The summed E-state index contributed by atoms with van der Waals surface area (Å²) < 4.78 is 16.1. The summed E-state index contributed by atoms with van der Waals surface area (Å²) in [7, 11) is 0. The number of halogens is 2. The van der Waals surface area contributed by atoms with Gasteiger partial charge in [0.25, 0.3) is 0 Å². The third kappa shape index (κ3) is 3.77. The number of allylic oxidation sites excluding steroid dienone is 3. The summed E-state index contributed by atoms with van der Waals surface area (Å²) in [6.07, 6.45) is 7.77. The number of rotatable bonds is 3. The minimum atomic E-state index is -0.681. The molecule has 2 aliphatic rings. The predicted molar refractivity (Wildman–Crippen MR) is 134 cm³/mol. The molecule has 0 bridgehead atoms. The van der Waals surface area contributed by atoms with Crippen LogP contribution < -0.4 is 10.6 Å². The molecule has 5 rings (SSSR count). The average molecular weight is 494 g/mol. The Labute approximate surface area is 207 Å². The van der Waals surface area contributed by atoms with Gasteiger partial charge in [-0.05, 0) is 49.8 Å². The first-order chi connectivity index (χ1) is 16.8. The largest absolute Gasteiger partial charge is 0.356 e. The molecule has 1 aliphatic heterocycles. The van der Waals surface area contributed by atoms with Crippen LogP contribution >= 0.6 is 11.6 Å². The topological polar surface area (TPSA) is 81.0 Å². The van der Waals surface area contributed by atoms with E-state index in [1.807, 2.05) is 43.9 Å². The number of anilines is 1. The molecule has 9 heteroatoms. The van der Waals surface area contributed by atoms with Gasteiger partial charge in [0, 0.05) is 30.3 Å². The Hall–Kier alpha value is -3.35. The summed E-state index contributed by atoms with van der Waals surface area (Å²) in [5.41, 5.74) is 2.30. The quantitative estimate of drug-likeness (QED) is 0.388. The van der Waals surface area contributed by atoms with Crippen molar-refractivity contribution in [2.24, 2.45) is 5.41 Å². The number of fused-ring (bicyclic) bond motifs is 1. The van der Waals surface area contributed by atoms with Crippen LogP contribution in [0.1, 0.15) is 50.3 Å². The molecule has 0 N–H and O–H groups in total. The number of nitrogens with zero attached hydrogens (tertiary/aromatic N) is 5. The number of piperidine rings is 1. The first kappa shape index (κ1) is 23.4. The second-order valence-electron chi connectivity index (χ2n) is 9.59. The molecule has 3 aromatic rings. The lowest BCUT2D eigenvalue weighted by molar-refractivity contribution is 0.293. The molecule has 1 saturated heterocycles.